The Balaban J connectivity index is 1.84. The largest absolute Gasteiger partial charge is 0.345 e. The van der Waals surface area contributed by atoms with Gasteiger partial charge in [0.05, 0.1) is 5.92 Å². The minimum absolute atomic E-state index is 0.204. The average Bonchev–Trinajstić information content (AvgIpc) is 2.81. The lowest BCUT2D eigenvalue weighted by Crippen LogP contribution is -2.47. The first-order valence-corrected chi connectivity index (χ1v) is 7.17. The van der Waals surface area contributed by atoms with E-state index in [1.54, 1.807) is 0 Å². The van der Waals surface area contributed by atoms with Crippen molar-refractivity contribution in [2.24, 2.45) is 11.8 Å². The van der Waals surface area contributed by atoms with Crippen LogP contribution in [0.5, 0.6) is 0 Å². The fourth-order valence-corrected chi connectivity index (χ4v) is 3.33. The fraction of sp³-hybridized carbons (Fsp3) is 0.929. The maximum Gasteiger partial charge on any atom is 0.226 e. The summed E-state index contributed by atoms with van der Waals surface area (Å²) in [6, 6.07) is 0.349. The van der Waals surface area contributed by atoms with Gasteiger partial charge in [0.25, 0.3) is 0 Å². The number of rotatable bonds is 3. The molecule has 1 N–H and O–H groups in total. The molecule has 2 aliphatic rings. The maximum atomic E-state index is 12.4. The average molecular weight is 238 g/mol. The number of piperidine rings is 1. The van der Waals surface area contributed by atoms with E-state index in [9.17, 15) is 4.79 Å². The number of hydrogen-bond donors (Lipinski definition) is 1. The lowest BCUT2D eigenvalue weighted by molar-refractivity contribution is -0.136. The van der Waals surface area contributed by atoms with E-state index in [0.29, 0.717) is 11.9 Å². The van der Waals surface area contributed by atoms with Gasteiger partial charge in [-0.1, -0.05) is 12.8 Å². The van der Waals surface area contributed by atoms with Gasteiger partial charge in [-0.2, -0.15) is 0 Å². The molecular formula is C14H26N2O. The van der Waals surface area contributed by atoms with Crippen LogP contribution in [0.15, 0.2) is 0 Å². The molecule has 2 unspecified atom stereocenters. The summed E-state index contributed by atoms with van der Waals surface area (Å²) in [5.41, 5.74) is 0. The van der Waals surface area contributed by atoms with Gasteiger partial charge in [-0.3, -0.25) is 4.79 Å². The van der Waals surface area contributed by atoms with Gasteiger partial charge in [-0.05, 0) is 45.1 Å². The first kappa shape index (κ1) is 12.9. The Hall–Kier alpha value is -0.570. The van der Waals surface area contributed by atoms with E-state index in [0.717, 1.165) is 31.8 Å². The van der Waals surface area contributed by atoms with Gasteiger partial charge < -0.3 is 10.2 Å². The van der Waals surface area contributed by atoms with Crippen molar-refractivity contribution in [3.8, 4) is 0 Å². The predicted octanol–water partition coefficient (Wildman–Crippen LogP) is 2.02. The molecule has 98 valence electrons. The molecule has 2 rings (SSSR count). The summed E-state index contributed by atoms with van der Waals surface area (Å²) in [6.07, 6.45) is 7.54. The molecule has 1 aliphatic heterocycles. The monoisotopic (exact) mass is 238 g/mol. The van der Waals surface area contributed by atoms with Crippen molar-refractivity contribution in [3.63, 3.8) is 0 Å². The molecule has 1 saturated heterocycles. The van der Waals surface area contributed by atoms with Crippen LogP contribution in [0.1, 0.15) is 45.4 Å². The van der Waals surface area contributed by atoms with Crippen LogP contribution < -0.4 is 5.32 Å². The summed E-state index contributed by atoms with van der Waals surface area (Å²) in [5, 5.41) is 3.41. The van der Waals surface area contributed by atoms with Gasteiger partial charge in [-0.15, -0.1) is 0 Å². The van der Waals surface area contributed by atoms with Crippen molar-refractivity contribution >= 4 is 5.91 Å². The molecule has 0 radical (unpaired) electrons. The summed E-state index contributed by atoms with van der Waals surface area (Å²) in [5.74, 6) is 1.32. The zero-order chi connectivity index (χ0) is 12.3. The highest BCUT2D eigenvalue weighted by atomic mass is 16.2. The molecule has 2 atom stereocenters. The molecule has 1 heterocycles. The quantitative estimate of drug-likeness (QED) is 0.816. The van der Waals surface area contributed by atoms with E-state index in [1.807, 2.05) is 11.9 Å². The minimum atomic E-state index is 0.204. The van der Waals surface area contributed by atoms with E-state index < -0.39 is 0 Å². The number of amides is 1. The summed E-state index contributed by atoms with van der Waals surface area (Å²) >= 11 is 0. The normalized spacial score (nSPS) is 30.5. The third kappa shape index (κ3) is 3.21. The topological polar surface area (TPSA) is 32.3 Å². The van der Waals surface area contributed by atoms with Crippen molar-refractivity contribution in [1.82, 2.24) is 10.2 Å². The number of nitrogens with one attached hydrogen (secondary N) is 1. The Kier molecular flexibility index (Phi) is 4.43. The van der Waals surface area contributed by atoms with Crippen molar-refractivity contribution in [2.75, 3.05) is 20.1 Å². The molecule has 0 aromatic carbocycles. The highest BCUT2D eigenvalue weighted by Gasteiger charge is 2.30. The predicted molar refractivity (Wildman–Crippen MR) is 69.8 cm³/mol. The van der Waals surface area contributed by atoms with Gasteiger partial charge in [0.1, 0.15) is 0 Å². The number of nitrogens with zero attached hydrogens (tertiary/aromatic N) is 1. The van der Waals surface area contributed by atoms with Crippen molar-refractivity contribution in [2.45, 2.75) is 51.5 Å². The lowest BCUT2D eigenvalue weighted by Gasteiger charge is -2.33. The van der Waals surface area contributed by atoms with Gasteiger partial charge >= 0.3 is 0 Å². The van der Waals surface area contributed by atoms with E-state index in [4.69, 9.17) is 0 Å². The summed E-state index contributed by atoms with van der Waals surface area (Å²) in [7, 11) is 1.99. The van der Waals surface area contributed by atoms with Crippen LogP contribution >= 0.6 is 0 Å². The molecular weight excluding hydrogens is 212 g/mol. The zero-order valence-electron chi connectivity index (χ0n) is 11.2. The highest BCUT2D eigenvalue weighted by molar-refractivity contribution is 5.79. The Morgan fingerprint density at radius 1 is 1.24 bits per heavy atom. The van der Waals surface area contributed by atoms with E-state index >= 15 is 0 Å². The van der Waals surface area contributed by atoms with Crippen molar-refractivity contribution in [1.29, 1.82) is 0 Å². The second-order valence-corrected chi connectivity index (χ2v) is 5.86. The van der Waals surface area contributed by atoms with Gasteiger partial charge in [0, 0.05) is 19.6 Å². The molecule has 2 fully saturated rings. The minimum Gasteiger partial charge on any atom is -0.345 e. The molecule has 0 aromatic heterocycles. The van der Waals surface area contributed by atoms with E-state index in [2.05, 4.69) is 12.2 Å². The zero-order valence-corrected chi connectivity index (χ0v) is 11.2. The SMILES string of the molecule is CC1NCCCC1C(=O)N(C)CC1CCCC1. The van der Waals surface area contributed by atoms with E-state index in [1.165, 1.54) is 25.7 Å². The molecule has 1 amide bonds. The summed E-state index contributed by atoms with van der Waals surface area (Å²) in [6.45, 7) is 4.18. The second-order valence-electron chi connectivity index (χ2n) is 5.86. The Morgan fingerprint density at radius 3 is 2.59 bits per heavy atom. The third-order valence-corrected chi connectivity index (χ3v) is 4.46. The number of hydrogen-bond acceptors (Lipinski definition) is 2. The highest BCUT2D eigenvalue weighted by Crippen LogP contribution is 2.26. The third-order valence-electron chi connectivity index (χ3n) is 4.46. The van der Waals surface area contributed by atoms with Gasteiger partial charge in [0.15, 0.2) is 0 Å². The van der Waals surface area contributed by atoms with Crippen LogP contribution in [0.3, 0.4) is 0 Å². The first-order valence-electron chi connectivity index (χ1n) is 7.17. The molecule has 17 heavy (non-hydrogen) atoms. The molecule has 3 nitrogen and oxygen atoms in total. The van der Waals surface area contributed by atoms with Crippen molar-refractivity contribution < 1.29 is 4.79 Å². The molecule has 0 spiro atoms. The first-order chi connectivity index (χ1) is 8.18. The van der Waals surface area contributed by atoms with Crippen LogP contribution in [-0.4, -0.2) is 37.0 Å². The maximum absolute atomic E-state index is 12.4. The Labute approximate surface area is 105 Å². The number of carbonyl (C=O) groups excluding carboxylic acids is 1. The van der Waals surface area contributed by atoms with Crippen LogP contribution in [0.2, 0.25) is 0 Å². The van der Waals surface area contributed by atoms with Crippen LogP contribution in [0, 0.1) is 11.8 Å². The fourth-order valence-electron chi connectivity index (χ4n) is 3.33. The molecule has 0 aromatic rings. The standard InChI is InChI=1S/C14H26N2O/c1-11-13(8-5-9-15-11)14(17)16(2)10-12-6-3-4-7-12/h11-13,15H,3-10H2,1-2H3. The van der Waals surface area contributed by atoms with E-state index in [-0.39, 0.29) is 5.92 Å². The Bertz CT molecular complexity index is 261. The van der Waals surface area contributed by atoms with Gasteiger partial charge in [0.2, 0.25) is 5.91 Å². The second kappa shape index (κ2) is 5.85. The summed E-state index contributed by atoms with van der Waals surface area (Å²) in [4.78, 5) is 14.4. The van der Waals surface area contributed by atoms with Crippen LogP contribution in [0.25, 0.3) is 0 Å². The number of carbonyl (C=O) groups is 1. The van der Waals surface area contributed by atoms with Crippen LogP contribution in [-0.2, 0) is 4.79 Å². The lowest BCUT2D eigenvalue weighted by atomic mass is 9.90. The summed E-state index contributed by atoms with van der Waals surface area (Å²) < 4.78 is 0. The molecule has 1 aliphatic carbocycles. The van der Waals surface area contributed by atoms with Crippen molar-refractivity contribution in [3.05, 3.63) is 0 Å². The van der Waals surface area contributed by atoms with Gasteiger partial charge in [-0.25, -0.2) is 0 Å². The molecule has 0 bridgehead atoms. The molecule has 1 saturated carbocycles. The van der Waals surface area contributed by atoms with Crippen LogP contribution in [0.4, 0.5) is 0 Å². The smallest absolute Gasteiger partial charge is 0.226 e. The Morgan fingerprint density at radius 2 is 1.94 bits per heavy atom. The molecule has 3 heteroatoms.